The molecule has 0 spiro atoms. The highest BCUT2D eigenvalue weighted by Crippen LogP contribution is 2.00. The molecule has 5 nitrogen and oxygen atoms in total. The molecule has 0 aliphatic rings. The second kappa shape index (κ2) is 9.10. The van der Waals surface area contributed by atoms with Gasteiger partial charge >= 0.3 is 0 Å². The molecule has 0 fully saturated rings. The van der Waals surface area contributed by atoms with Crippen LogP contribution in [0.1, 0.15) is 49.9 Å². The van der Waals surface area contributed by atoms with Gasteiger partial charge in [-0.2, -0.15) is 4.57 Å². The van der Waals surface area contributed by atoms with Crippen molar-refractivity contribution in [2.45, 2.75) is 46.1 Å². The number of carbonyl (C=O) groups excluding carboxylic acids is 2. The Morgan fingerprint density at radius 1 is 1.10 bits per heavy atom. The lowest BCUT2D eigenvalue weighted by atomic mass is 10.2. The molecule has 0 aliphatic heterocycles. The zero-order valence-corrected chi connectivity index (χ0v) is 13.0. The van der Waals surface area contributed by atoms with E-state index in [0.717, 1.165) is 38.8 Å². The summed E-state index contributed by atoms with van der Waals surface area (Å²) in [5.74, 6) is -0.338. The van der Waals surface area contributed by atoms with E-state index in [2.05, 4.69) is 13.8 Å². The van der Waals surface area contributed by atoms with E-state index in [1.807, 2.05) is 4.90 Å². The molecular weight excluding hydrogens is 266 g/mol. The van der Waals surface area contributed by atoms with Gasteiger partial charge in [-0.05, 0) is 12.8 Å². The third kappa shape index (κ3) is 5.94. The summed E-state index contributed by atoms with van der Waals surface area (Å²) in [4.78, 5) is 25.3. The zero-order valence-electron chi connectivity index (χ0n) is 13.0. The van der Waals surface area contributed by atoms with Crippen molar-refractivity contribution in [2.75, 3.05) is 13.1 Å². The molecule has 0 saturated carbocycles. The second-order valence-corrected chi connectivity index (χ2v) is 5.21. The van der Waals surface area contributed by atoms with Gasteiger partial charge in [-0.3, -0.25) is 9.59 Å². The minimum absolute atomic E-state index is 0.119. The largest absolute Gasteiger partial charge is 0.366 e. The molecule has 1 heterocycles. The van der Waals surface area contributed by atoms with Gasteiger partial charge in [0.05, 0.1) is 5.56 Å². The number of nitrogens with zero attached hydrogens (tertiary/aromatic N) is 2. The molecule has 1 aromatic heterocycles. The van der Waals surface area contributed by atoms with Gasteiger partial charge in [0.1, 0.15) is 0 Å². The minimum atomic E-state index is -0.457. The topological polar surface area (TPSA) is 67.3 Å². The summed E-state index contributed by atoms with van der Waals surface area (Å²) in [6, 6.07) is 3.27. The highest BCUT2D eigenvalue weighted by Gasteiger charge is 2.17. The predicted octanol–water partition coefficient (Wildman–Crippen LogP) is 1.50. The molecule has 1 aromatic rings. The van der Waals surface area contributed by atoms with Crippen molar-refractivity contribution in [1.29, 1.82) is 0 Å². The van der Waals surface area contributed by atoms with Crippen molar-refractivity contribution in [2.24, 2.45) is 5.73 Å². The molecule has 5 heteroatoms. The number of pyridine rings is 1. The van der Waals surface area contributed by atoms with E-state index in [4.69, 9.17) is 5.73 Å². The molecule has 0 aliphatic carbocycles. The van der Waals surface area contributed by atoms with Gasteiger partial charge in [-0.25, -0.2) is 0 Å². The maximum absolute atomic E-state index is 12.4. The first-order valence-corrected chi connectivity index (χ1v) is 7.65. The smallest absolute Gasteiger partial charge is 0.288 e. The molecule has 0 aromatic carbocycles. The van der Waals surface area contributed by atoms with Gasteiger partial charge in [0.2, 0.25) is 12.5 Å². The van der Waals surface area contributed by atoms with Gasteiger partial charge < -0.3 is 10.6 Å². The molecule has 116 valence electrons. The maximum atomic E-state index is 12.4. The van der Waals surface area contributed by atoms with E-state index >= 15 is 0 Å². The van der Waals surface area contributed by atoms with Crippen LogP contribution in [0.2, 0.25) is 0 Å². The summed E-state index contributed by atoms with van der Waals surface area (Å²) < 4.78 is 1.78. The number of amides is 2. The van der Waals surface area contributed by atoms with Crippen molar-refractivity contribution >= 4 is 11.8 Å². The van der Waals surface area contributed by atoms with Gasteiger partial charge in [-0.1, -0.05) is 26.7 Å². The monoisotopic (exact) mass is 292 g/mol. The number of nitrogens with two attached hydrogens (primary N) is 1. The third-order valence-corrected chi connectivity index (χ3v) is 3.41. The van der Waals surface area contributed by atoms with E-state index in [0.29, 0.717) is 12.1 Å². The molecule has 0 bridgehead atoms. The lowest BCUT2D eigenvalue weighted by Gasteiger charge is -2.20. The normalized spacial score (nSPS) is 10.4. The zero-order chi connectivity index (χ0) is 15.7. The van der Waals surface area contributed by atoms with Crippen LogP contribution in [0.25, 0.3) is 0 Å². The molecule has 0 unspecified atom stereocenters. The first-order chi connectivity index (χ1) is 10.1. The number of hydrogen-bond donors (Lipinski definition) is 1. The van der Waals surface area contributed by atoms with Crippen molar-refractivity contribution < 1.29 is 14.2 Å². The van der Waals surface area contributed by atoms with Gasteiger partial charge in [0.15, 0.2) is 12.4 Å². The summed E-state index contributed by atoms with van der Waals surface area (Å²) in [6.45, 7) is 6.18. The fourth-order valence-corrected chi connectivity index (χ4v) is 2.04. The van der Waals surface area contributed by atoms with Crippen molar-refractivity contribution in [3.63, 3.8) is 0 Å². The Kier molecular flexibility index (Phi) is 7.43. The molecule has 21 heavy (non-hydrogen) atoms. The predicted molar refractivity (Wildman–Crippen MR) is 81.6 cm³/mol. The Morgan fingerprint density at radius 2 is 1.62 bits per heavy atom. The molecule has 0 radical (unpaired) electrons. The highest BCUT2D eigenvalue weighted by molar-refractivity contribution is 5.92. The Balaban J connectivity index is 2.64. The molecule has 2 amide bonds. The molecular formula is C16H26N3O2+. The van der Waals surface area contributed by atoms with Crippen LogP contribution < -0.4 is 10.3 Å². The lowest BCUT2D eigenvalue weighted by Crippen LogP contribution is -2.45. The van der Waals surface area contributed by atoms with Crippen LogP contribution in [0.3, 0.4) is 0 Å². The van der Waals surface area contributed by atoms with E-state index in [9.17, 15) is 9.59 Å². The van der Waals surface area contributed by atoms with Crippen LogP contribution >= 0.6 is 0 Å². The number of rotatable bonds is 9. The average molecular weight is 292 g/mol. The fraction of sp³-hybridized carbons (Fsp3) is 0.562. The Morgan fingerprint density at radius 3 is 2.05 bits per heavy atom. The molecule has 1 rings (SSSR count). The fourth-order valence-electron chi connectivity index (χ4n) is 2.04. The van der Waals surface area contributed by atoms with E-state index in [1.54, 1.807) is 29.1 Å². The van der Waals surface area contributed by atoms with Crippen LogP contribution in [0, 0.1) is 0 Å². The van der Waals surface area contributed by atoms with Gasteiger partial charge in [-0.15, -0.1) is 0 Å². The van der Waals surface area contributed by atoms with E-state index in [-0.39, 0.29) is 5.91 Å². The maximum Gasteiger partial charge on any atom is 0.288 e. The number of hydrogen-bond acceptors (Lipinski definition) is 2. The number of primary amides is 1. The summed E-state index contributed by atoms with van der Waals surface area (Å²) >= 11 is 0. The van der Waals surface area contributed by atoms with E-state index < -0.39 is 5.91 Å². The standard InChI is InChI=1S/C16H25N3O2/c1-3-5-9-19(10-6-4-2)15(20)13-18-11-7-14(8-12-18)16(17)21/h7-8,11-12H,3-6,9-10,13H2,1-2H3,(H-,17,21)/p+1. The number of unbranched alkanes of at least 4 members (excludes halogenated alkanes) is 2. The van der Waals surface area contributed by atoms with Crippen LogP contribution in [0.4, 0.5) is 0 Å². The van der Waals surface area contributed by atoms with Crippen LogP contribution in [0.5, 0.6) is 0 Å². The Labute approximate surface area is 126 Å². The Bertz CT molecular complexity index is 449. The van der Waals surface area contributed by atoms with Gasteiger partial charge in [0, 0.05) is 25.2 Å². The SMILES string of the molecule is CCCCN(CCCC)C(=O)C[n+]1ccc(C(N)=O)cc1. The molecule has 2 N–H and O–H groups in total. The van der Waals surface area contributed by atoms with Crippen molar-refractivity contribution in [3.8, 4) is 0 Å². The highest BCUT2D eigenvalue weighted by atomic mass is 16.2. The van der Waals surface area contributed by atoms with E-state index in [1.165, 1.54) is 0 Å². The van der Waals surface area contributed by atoms with Crippen LogP contribution in [-0.4, -0.2) is 29.8 Å². The first kappa shape index (κ1) is 17.1. The van der Waals surface area contributed by atoms with Crippen LogP contribution in [-0.2, 0) is 11.3 Å². The number of carbonyl (C=O) groups is 2. The van der Waals surface area contributed by atoms with Gasteiger partial charge in [0.25, 0.3) is 5.91 Å². The quantitative estimate of drug-likeness (QED) is 0.701. The molecule has 0 saturated heterocycles. The lowest BCUT2D eigenvalue weighted by molar-refractivity contribution is -0.685. The Hall–Kier alpha value is -1.91. The van der Waals surface area contributed by atoms with Crippen LogP contribution in [0.15, 0.2) is 24.5 Å². The summed E-state index contributed by atoms with van der Waals surface area (Å²) in [5, 5.41) is 0. The third-order valence-electron chi connectivity index (χ3n) is 3.41. The van der Waals surface area contributed by atoms with Crippen molar-refractivity contribution in [1.82, 2.24) is 4.90 Å². The van der Waals surface area contributed by atoms with Crippen molar-refractivity contribution in [3.05, 3.63) is 30.1 Å². The summed E-state index contributed by atoms with van der Waals surface area (Å²) in [7, 11) is 0. The second-order valence-electron chi connectivity index (χ2n) is 5.21. The summed E-state index contributed by atoms with van der Waals surface area (Å²) in [6.07, 6.45) is 7.65. The summed E-state index contributed by atoms with van der Waals surface area (Å²) in [5.41, 5.74) is 5.65. The number of aromatic nitrogens is 1. The average Bonchev–Trinajstić information content (AvgIpc) is 2.47. The first-order valence-electron chi connectivity index (χ1n) is 7.65. The minimum Gasteiger partial charge on any atom is -0.366 e. The molecule has 0 atom stereocenters.